The molecule has 0 N–H and O–H groups in total. The molecule has 0 radical (unpaired) electrons. The Morgan fingerprint density at radius 3 is 2.27 bits per heavy atom. The van der Waals surface area contributed by atoms with Crippen molar-refractivity contribution in [3.63, 3.8) is 0 Å². The highest BCUT2D eigenvalue weighted by atomic mass is 32.2. The summed E-state index contributed by atoms with van der Waals surface area (Å²) in [6.45, 7) is 3.91. The van der Waals surface area contributed by atoms with Crippen LogP contribution in [-0.2, 0) is 10.3 Å². The zero-order chi connectivity index (χ0) is 11.1. The monoisotopic (exact) mass is 239 g/mol. The van der Waals surface area contributed by atoms with Gasteiger partial charge in [-0.1, -0.05) is 30.3 Å². The lowest BCUT2D eigenvalue weighted by Gasteiger charge is -2.27. The summed E-state index contributed by atoms with van der Waals surface area (Å²) < 4.78 is 4.74. The molecule has 80 valence electrons. The largest absolute Gasteiger partial charge is 0.320 e. The van der Waals surface area contributed by atoms with Crippen molar-refractivity contribution in [2.75, 3.05) is 0 Å². The van der Waals surface area contributed by atoms with Crippen molar-refractivity contribution in [3.05, 3.63) is 35.9 Å². The van der Waals surface area contributed by atoms with E-state index in [-0.39, 0.29) is 0 Å². The predicted octanol–water partition coefficient (Wildman–Crippen LogP) is 2.86. The predicted molar refractivity (Wildman–Crippen MR) is 68.7 cm³/mol. The highest BCUT2D eigenvalue weighted by molar-refractivity contribution is 8.00. The number of rotatable bonds is 1. The number of hydrogen-bond acceptors (Lipinski definition) is 4. The van der Waals surface area contributed by atoms with E-state index >= 15 is 0 Å². The Bertz CT molecular complexity index is 402. The van der Waals surface area contributed by atoms with Crippen LogP contribution in [0.3, 0.4) is 0 Å². The van der Waals surface area contributed by atoms with Gasteiger partial charge in [-0.15, -0.1) is 25.3 Å². The molecular formula is C11H13NOS2. The number of thiol groups is 2. The second-order valence-corrected chi connectivity index (χ2v) is 5.34. The van der Waals surface area contributed by atoms with Gasteiger partial charge in [0.25, 0.3) is 4.39 Å². The Balaban J connectivity index is 2.43. The molecule has 1 aromatic carbocycles. The fourth-order valence-corrected chi connectivity index (χ4v) is 2.38. The minimum Gasteiger partial charge on any atom is -0.320 e. The molecule has 1 aliphatic rings. The van der Waals surface area contributed by atoms with Crippen LogP contribution >= 0.6 is 25.3 Å². The summed E-state index contributed by atoms with van der Waals surface area (Å²) in [6.07, 6.45) is 0. The minimum atomic E-state index is -1.02. The smallest absolute Gasteiger partial charge is 0.252 e. The zero-order valence-electron chi connectivity index (χ0n) is 8.64. The Kier molecular flexibility index (Phi) is 2.61. The Morgan fingerprint density at radius 2 is 1.80 bits per heavy atom. The third kappa shape index (κ3) is 1.94. The molecule has 0 fully saturated rings. The normalized spacial score (nSPS) is 28.9. The van der Waals surface area contributed by atoms with Crippen LogP contribution in [-0.4, -0.2) is 10.1 Å². The van der Waals surface area contributed by atoms with E-state index in [9.17, 15) is 0 Å². The SMILES string of the molecule is CC1=NC(S)(S)OC1(C)c1ccccc1. The molecule has 15 heavy (non-hydrogen) atoms. The molecule has 1 unspecified atom stereocenters. The Morgan fingerprint density at radius 1 is 1.20 bits per heavy atom. The van der Waals surface area contributed by atoms with Crippen LogP contribution in [0.4, 0.5) is 0 Å². The molecule has 1 aromatic rings. The van der Waals surface area contributed by atoms with Crippen LogP contribution < -0.4 is 0 Å². The summed E-state index contributed by atoms with van der Waals surface area (Å²) >= 11 is 8.45. The van der Waals surface area contributed by atoms with E-state index in [0.29, 0.717) is 0 Å². The highest BCUT2D eigenvalue weighted by Crippen LogP contribution is 2.42. The maximum Gasteiger partial charge on any atom is 0.252 e. The van der Waals surface area contributed by atoms with E-state index in [1.165, 1.54) is 0 Å². The molecule has 2 rings (SSSR count). The van der Waals surface area contributed by atoms with Crippen LogP contribution in [0.15, 0.2) is 35.3 Å². The highest BCUT2D eigenvalue weighted by Gasteiger charge is 2.44. The van der Waals surface area contributed by atoms with Gasteiger partial charge in [-0.2, -0.15) is 0 Å². The molecule has 1 aliphatic heterocycles. The molecule has 1 atom stereocenters. The maximum absolute atomic E-state index is 5.76. The number of nitrogens with zero attached hydrogens (tertiary/aromatic N) is 1. The van der Waals surface area contributed by atoms with Gasteiger partial charge >= 0.3 is 0 Å². The zero-order valence-corrected chi connectivity index (χ0v) is 10.4. The van der Waals surface area contributed by atoms with Gasteiger partial charge in [0, 0.05) is 0 Å². The van der Waals surface area contributed by atoms with Crippen LogP contribution in [0, 0.1) is 0 Å². The first-order valence-corrected chi connectivity index (χ1v) is 5.61. The number of hydrogen-bond donors (Lipinski definition) is 2. The lowest BCUT2D eigenvalue weighted by Crippen LogP contribution is -2.31. The first-order chi connectivity index (χ1) is 6.94. The molecule has 2 nitrogen and oxygen atoms in total. The van der Waals surface area contributed by atoms with Crippen LogP contribution in [0.1, 0.15) is 19.4 Å². The molecule has 0 aromatic heterocycles. The average Bonchev–Trinajstić information content (AvgIpc) is 2.38. The van der Waals surface area contributed by atoms with Gasteiger partial charge in [0.2, 0.25) is 0 Å². The van der Waals surface area contributed by atoms with E-state index in [0.717, 1.165) is 11.3 Å². The van der Waals surface area contributed by atoms with Crippen molar-refractivity contribution >= 4 is 31.0 Å². The summed E-state index contributed by atoms with van der Waals surface area (Å²) in [6, 6.07) is 9.97. The lowest BCUT2D eigenvalue weighted by atomic mass is 9.92. The standard InChI is InChI=1S/C11H13NOS2/c1-8-10(2,13-11(14,15)12-8)9-6-4-3-5-7-9/h3-7,14-15H,1-2H3. The quantitative estimate of drug-likeness (QED) is 0.571. The molecule has 4 heteroatoms. The van der Waals surface area contributed by atoms with Gasteiger partial charge in [0.05, 0.1) is 5.71 Å². The molecule has 0 aliphatic carbocycles. The second kappa shape index (κ2) is 3.54. The van der Waals surface area contributed by atoms with Crippen molar-refractivity contribution in [2.24, 2.45) is 4.99 Å². The topological polar surface area (TPSA) is 21.6 Å². The number of ether oxygens (including phenoxy) is 1. The molecule has 1 heterocycles. The fraction of sp³-hybridized carbons (Fsp3) is 0.364. The van der Waals surface area contributed by atoms with Crippen LogP contribution in [0.25, 0.3) is 0 Å². The fourth-order valence-electron chi connectivity index (χ4n) is 1.72. The molecule has 0 bridgehead atoms. The first kappa shape index (κ1) is 11.0. The van der Waals surface area contributed by atoms with E-state index in [1.54, 1.807) is 0 Å². The lowest BCUT2D eigenvalue weighted by molar-refractivity contribution is 0.0109. The van der Waals surface area contributed by atoms with Gasteiger partial charge in [-0.25, -0.2) is 4.99 Å². The Labute approximate surface area is 101 Å². The molecule has 0 saturated heterocycles. The number of aliphatic imine (C=N–C) groups is 1. The van der Waals surface area contributed by atoms with Crippen molar-refractivity contribution in [3.8, 4) is 0 Å². The van der Waals surface area contributed by atoms with E-state index in [2.05, 4.69) is 30.2 Å². The van der Waals surface area contributed by atoms with Crippen molar-refractivity contribution in [1.29, 1.82) is 0 Å². The molecular weight excluding hydrogens is 226 g/mol. The Hall–Kier alpha value is -0.450. The average molecular weight is 239 g/mol. The first-order valence-electron chi connectivity index (χ1n) is 4.71. The maximum atomic E-state index is 5.76. The summed E-state index contributed by atoms with van der Waals surface area (Å²) in [7, 11) is 0. The number of benzene rings is 1. The van der Waals surface area contributed by atoms with Gasteiger partial charge < -0.3 is 4.74 Å². The van der Waals surface area contributed by atoms with Crippen molar-refractivity contribution in [2.45, 2.75) is 23.8 Å². The van der Waals surface area contributed by atoms with E-state index in [1.807, 2.05) is 44.2 Å². The van der Waals surface area contributed by atoms with Crippen LogP contribution in [0.5, 0.6) is 0 Å². The summed E-state index contributed by atoms with van der Waals surface area (Å²) in [4.78, 5) is 4.27. The van der Waals surface area contributed by atoms with Crippen molar-refractivity contribution in [1.82, 2.24) is 0 Å². The van der Waals surface area contributed by atoms with Gasteiger partial charge in [-0.3, -0.25) is 0 Å². The third-order valence-corrected chi connectivity index (χ3v) is 3.05. The molecule has 0 saturated carbocycles. The van der Waals surface area contributed by atoms with Crippen molar-refractivity contribution < 1.29 is 4.74 Å². The molecule has 0 spiro atoms. The summed E-state index contributed by atoms with van der Waals surface area (Å²) in [5, 5.41) is 0. The van der Waals surface area contributed by atoms with Gasteiger partial charge in [-0.05, 0) is 19.4 Å². The molecule has 0 amide bonds. The summed E-state index contributed by atoms with van der Waals surface area (Å²) in [5.74, 6) is 0. The van der Waals surface area contributed by atoms with Gasteiger partial charge in [0.15, 0.2) is 0 Å². The van der Waals surface area contributed by atoms with E-state index < -0.39 is 9.99 Å². The second-order valence-electron chi connectivity index (χ2n) is 3.77. The third-order valence-electron chi connectivity index (χ3n) is 2.67. The van der Waals surface area contributed by atoms with E-state index in [4.69, 9.17) is 4.74 Å². The van der Waals surface area contributed by atoms with Crippen LogP contribution in [0.2, 0.25) is 0 Å². The minimum absolute atomic E-state index is 0.523. The summed E-state index contributed by atoms with van der Waals surface area (Å²) in [5.41, 5.74) is 1.43. The van der Waals surface area contributed by atoms with Gasteiger partial charge in [0.1, 0.15) is 5.60 Å².